The fourth-order valence-corrected chi connectivity index (χ4v) is 4.82. The Labute approximate surface area is 222 Å². The van der Waals surface area contributed by atoms with Gasteiger partial charge in [0.2, 0.25) is 0 Å². The number of aryl methyl sites for hydroxylation is 1. The lowest BCUT2D eigenvalue weighted by Crippen LogP contribution is -2.30. The van der Waals surface area contributed by atoms with E-state index in [9.17, 15) is 14.7 Å². The van der Waals surface area contributed by atoms with Gasteiger partial charge in [-0.1, -0.05) is 56.6 Å². The van der Waals surface area contributed by atoms with Crippen LogP contribution in [0.3, 0.4) is 0 Å². The average molecular weight is 520 g/mol. The molecule has 4 rings (SSSR count). The first-order valence-corrected chi connectivity index (χ1v) is 12.3. The largest absolute Gasteiger partial charge is 0.507 e. The number of aliphatic hydroxyl groups is 1. The Morgan fingerprint density at radius 3 is 2.19 bits per heavy atom. The molecule has 0 radical (unpaired) electrons. The van der Waals surface area contributed by atoms with Crippen LogP contribution in [0.4, 0.5) is 5.69 Å². The molecule has 1 amide bonds. The molecular weight excluding hydrogens is 490 g/mol. The summed E-state index contributed by atoms with van der Waals surface area (Å²) in [5, 5.41) is 12.1. The quantitative estimate of drug-likeness (QED) is 0.234. The number of ketones is 1. The van der Waals surface area contributed by atoms with Crippen molar-refractivity contribution in [1.82, 2.24) is 0 Å². The molecule has 1 aliphatic rings. The van der Waals surface area contributed by atoms with Gasteiger partial charge in [0.25, 0.3) is 11.7 Å². The summed E-state index contributed by atoms with van der Waals surface area (Å²) >= 11 is 6.18. The van der Waals surface area contributed by atoms with Crippen LogP contribution in [0.15, 0.2) is 66.2 Å². The van der Waals surface area contributed by atoms with Gasteiger partial charge in [-0.2, -0.15) is 0 Å². The molecule has 0 saturated carbocycles. The number of carbonyl (C=O) groups excluding carboxylic acids is 2. The van der Waals surface area contributed by atoms with Crippen molar-refractivity contribution in [2.24, 2.45) is 0 Å². The Bertz CT molecular complexity index is 1400. The molecule has 192 valence electrons. The number of halogens is 1. The molecule has 0 aromatic heterocycles. The summed E-state index contributed by atoms with van der Waals surface area (Å²) < 4.78 is 10.8. The Hall–Kier alpha value is -3.77. The van der Waals surface area contributed by atoms with Crippen LogP contribution in [-0.2, 0) is 15.0 Å². The van der Waals surface area contributed by atoms with Gasteiger partial charge in [-0.3, -0.25) is 14.5 Å². The second kappa shape index (κ2) is 9.94. The molecular formula is C30H30ClNO5. The van der Waals surface area contributed by atoms with Crippen molar-refractivity contribution in [1.29, 1.82) is 0 Å². The molecule has 6 nitrogen and oxygen atoms in total. The minimum absolute atomic E-state index is 0.0330. The SMILES string of the molecule is COc1ccc(OC)c(/C(O)=C2\C(=O)C(=O)N(c3ccc(Cl)cc3C)C2c2ccc(C(C)(C)C)cc2)c1. The topological polar surface area (TPSA) is 76.1 Å². The van der Waals surface area contributed by atoms with Crippen LogP contribution in [0, 0.1) is 6.92 Å². The minimum atomic E-state index is -0.871. The van der Waals surface area contributed by atoms with Gasteiger partial charge in [0.05, 0.1) is 31.4 Å². The van der Waals surface area contributed by atoms with E-state index in [1.807, 2.05) is 31.2 Å². The summed E-state index contributed by atoms with van der Waals surface area (Å²) in [6.45, 7) is 8.16. The highest BCUT2D eigenvalue weighted by molar-refractivity contribution is 6.52. The first-order chi connectivity index (χ1) is 17.5. The fraction of sp³-hybridized carbons (Fsp3) is 0.267. The third kappa shape index (κ3) is 4.81. The number of Topliss-reactive ketones (excluding diaryl/α,β-unsaturated/α-hetero) is 1. The average Bonchev–Trinajstić information content (AvgIpc) is 3.13. The van der Waals surface area contributed by atoms with E-state index in [-0.39, 0.29) is 22.3 Å². The van der Waals surface area contributed by atoms with Gasteiger partial charge < -0.3 is 14.6 Å². The van der Waals surface area contributed by atoms with Crippen LogP contribution in [0.1, 0.15) is 49.1 Å². The molecule has 1 aliphatic heterocycles. The van der Waals surface area contributed by atoms with E-state index in [4.69, 9.17) is 21.1 Å². The summed E-state index contributed by atoms with van der Waals surface area (Å²) in [5.41, 5.74) is 3.19. The van der Waals surface area contributed by atoms with Gasteiger partial charge in [-0.05, 0) is 65.4 Å². The second-order valence-corrected chi connectivity index (χ2v) is 10.5. The molecule has 1 fully saturated rings. The van der Waals surface area contributed by atoms with E-state index in [1.165, 1.54) is 19.1 Å². The van der Waals surface area contributed by atoms with E-state index < -0.39 is 17.7 Å². The van der Waals surface area contributed by atoms with Crippen LogP contribution in [0.2, 0.25) is 5.02 Å². The number of amides is 1. The number of rotatable bonds is 5. The van der Waals surface area contributed by atoms with Crippen molar-refractivity contribution < 1.29 is 24.2 Å². The van der Waals surface area contributed by atoms with Crippen molar-refractivity contribution >= 4 is 34.7 Å². The van der Waals surface area contributed by atoms with Gasteiger partial charge in [0, 0.05) is 10.7 Å². The molecule has 0 aliphatic carbocycles. The lowest BCUT2D eigenvalue weighted by Gasteiger charge is -2.28. The molecule has 1 N–H and O–H groups in total. The van der Waals surface area contributed by atoms with Gasteiger partial charge in [0.15, 0.2) is 0 Å². The molecule has 3 aromatic carbocycles. The number of carbonyl (C=O) groups is 2. The molecule has 1 heterocycles. The van der Waals surface area contributed by atoms with Crippen molar-refractivity contribution in [2.75, 3.05) is 19.1 Å². The third-order valence-electron chi connectivity index (χ3n) is 6.62. The molecule has 0 bridgehead atoms. The molecule has 3 aromatic rings. The summed E-state index contributed by atoms with van der Waals surface area (Å²) in [5.74, 6) is -1.06. The number of hydrogen-bond acceptors (Lipinski definition) is 5. The number of hydrogen-bond donors (Lipinski definition) is 1. The molecule has 1 unspecified atom stereocenters. The zero-order chi connectivity index (χ0) is 27.1. The van der Waals surface area contributed by atoms with Gasteiger partial charge in [-0.15, -0.1) is 0 Å². The normalized spacial score (nSPS) is 17.3. The highest BCUT2D eigenvalue weighted by Crippen LogP contribution is 2.45. The van der Waals surface area contributed by atoms with Crippen molar-refractivity contribution in [3.63, 3.8) is 0 Å². The zero-order valence-corrected chi connectivity index (χ0v) is 22.5. The lowest BCUT2D eigenvalue weighted by atomic mass is 9.85. The summed E-state index contributed by atoms with van der Waals surface area (Å²) in [6, 6.07) is 16.9. The van der Waals surface area contributed by atoms with E-state index in [1.54, 1.807) is 36.4 Å². The molecule has 7 heteroatoms. The van der Waals surface area contributed by atoms with Crippen LogP contribution in [0.5, 0.6) is 11.5 Å². The van der Waals surface area contributed by atoms with E-state index in [0.29, 0.717) is 27.8 Å². The van der Waals surface area contributed by atoms with Crippen LogP contribution in [0.25, 0.3) is 5.76 Å². The second-order valence-electron chi connectivity index (χ2n) is 10.0. The number of anilines is 1. The first kappa shape index (κ1) is 26.3. The number of methoxy groups -OCH3 is 2. The van der Waals surface area contributed by atoms with Gasteiger partial charge >= 0.3 is 0 Å². The zero-order valence-electron chi connectivity index (χ0n) is 21.8. The first-order valence-electron chi connectivity index (χ1n) is 11.9. The van der Waals surface area contributed by atoms with E-state index in [0.717, 1.165) is 11.1 Å². The molecule has 1 atom stereocenters. The predicted molar refractivity (Wildman–Crippen MR) is 146 cm³/mol. The Morgan fingerprint density at radius 1 is 0.946 bits per heavy atom. The van der Waals surface area contributed by atoms with E-state index >= 15 is 0 Å². The summed E-state index contributed by atoms with van der Waals surface area (Å²) in [7, 11) is 2.97. The number of benzene rings is 3. The lowest BCUT2D eigenvalue weighted by molar-refractivity contribution is -0.132. The van der Waals surface area contributed by atoms with Gasteiger partial charge in [0.1, 0.15) is 17.3 Å². The molecule has 1 saturated heterocycles. The number of ether oxygens (including phenoxy) is 2. The molecule has 0 spiro atoms. The van der Waals surface area contributed by atoms with Crippen molar-refractivity contribution in [3.8, 4) is 11.5 Å². The minimum Gasteiger partial charge on any atom is -0.507 e. The Morgan fingerprint density at radius 2 is 1.62 bits per heavy atom. The van der Waals surface area contributed by atoms with Crippen LogP contribution >= 0.6 is 11.6 Å². The van der Waals surface area contributed by atoms with Crippen LogP contribution in [-0.4, -0.2) is 31.0 Å². The number of nitrogens with zero attached hydrogens (tertiary/aromatic N) is 1. The fourth-order valence-electron chi connectivity index (χ4n) is 4.60. The predicted octanol–water partition coefficient (Wildman–Crippen LogP) is 6.59. The maximum Gasteiger partial charge on any atom is 0.300 e. The Balaban J connectivity index is 1.99. The molecule has 37 heavy (non-hydrogen) atoms. The third-order valence-corrected chi connectivity index (χ3v) is 6.85. The number of aliphatic hydroxyl groups excluding tert-OH is 1. The summed E-state index contributed by atoms with van der Waals surface area (Å²) in [4.78, 5) is 28.5. The van der Waals surface area contributed by atoms with Crippen LogP contribution < -0.4 is 14.4 Å². The van der Waals surface area contributed by atoms with E-state index in [2.05, 4.69) is 20.8 Å². The Kier molecular flexibility index (Phi) is 7.07. The van der Waals surface area contributed by atoms with Crippen molar-refractivity contribution in [2.45, 2.75) is 39.2 Å². The maximum absolute atomic E-state index is 13.5. The summed E-state index contributed by atoms with van der Waals surface area (Å²) in [6.07, 6.45) is 0. The monoisotopic (exact) mass is 519 g/mol. The highest BCUT2D eigenvalue weighted by atomic mass is 35.5. The van der Waals surface area contributed by atoms with Gasteiger partial charge in [-0.25, -0.2) is 0 Å². The van der Waals surface area contributed by atoms with Crippen molar-refractivity contribution in [3.05, 3.63) is 93.5 Å². The standard InChI is InChI=1S/C30H30ClNO5/c1-17-15-20(31)11-13-23(17)32-26(18-7-9-19(10-8-18)30(2,3)4)25(28(34)29(32)35)27(33)22-16-21(36-5)12-14-24(22)37-6/h7-16,26,33H,1-6H3/b27-25+. The maximum atomic E-state index is 13.5. The highest BCUT2D eigenvalue weighted by Gasteiger charge is 2.47. The smallest absolute Gasteiger partial charge is 0.300 e.